The van der Waals surface area contributed by atoms with Gasteiger partial charge >= 0.3 is 0 Å². The summed E-state index contributed by atoms with van der Waals surface area (Å²) in [5.74, 6) is -0.234. The van der Waals surface area contributed by atoms with Gasteiger partial charge in [-0.1, -0.05) is 12.8 Å². The Labute approximate surface area is 127 Å². The Morgan fingerprint density at radius 2 is 1.85 bits per heavy atom. The van der Waals surface area contributed by atoms with Crippen LogP contribution in [0, 0.1) is 5.92 Å². The third-order valence-corrected chi connectivity index (χ3v) is 6.28. The van der Waals surface area contributed by atoms with Crippen molar-refractivity contribution in [1.29, 1.82) is 0 Å². The molecule has 118 valence electrons. The normalized spacial score (nSPS) is 24.1. The number of carbonyl (C=O) groups excluding carboxylic acids is 1. The van der Waals surface area contributed by atoms with Crippen molar-refractivity contribution in [2.75, 3.05) is 25.4 Å². The third kappa shape index (κ3) is 5.22. The average Bonchev–Trinajstić information content (AvgIpc) is 2.92. The van der Waals surface area contributed by atoms with Crippen LogP contribution in [0.15, 0.2) is 0 Å². The number of sulfone groups is 1. The van der Waals surface area contributed by atoms with E-state index in [2.05, 4.69) is 10.6 Å². The summed E-state index contributed by atoms with van der Waals surface area (Å²) in [5, 5.41) is 5.77. The number of hydrogen-bond acceptors (Lipinski definition) is 4. The maximum atomic E-state index is 12.0. The van der Waals surface area contributed by atoms with E-state index in [0.717, 1.165) is 51.6 Å². The van der Waals surface area contributed by atoms with Crippen molar-refractivity contribution in [3.8, 4) is 0 Å². The summed E-state index contributed by atoms with van der Waals surface area (Å²) in [4.78, 5) is 11.7. The van der Waals surface area contributed by atoms with Crippen molar-refractivity contribution in [3.05, 3.63) is 0 Å². The van der Waals surface area contributed by atoms with Crippen molar-refractivity contribution in [1.82, 2.24) is 10.6 Å². The summed E-state index contributed by atoms with van der Waals surface area (Å²) < 4.78 is 24.0. The predicted octanol–water partition coefficient (Wildman–Crippen LogP) is 0.881. The van der Waals surface area contributed by atoms with Crippen molar-refractivity contribution >= 4 is 28.2 Å². The van der Waals surface area contributed by atoms with Crippen LogP contribution in [0.2, 0.25) is 0 Å². The van der Waals surface area contributed by atoms with E-state index in [1.54, 1.807) is 0 Å². The highest BCUT2D eigenvalue weighted by atomic mass is 35.5. The summed E-state index contributed by atoms with van der Waals surface area (Å²) in [5.41, 5.74) is 0. The summed E-state index contributed by atoms with van der Waals surface area (Å²) in [6, 6.07) is 0. The fraction of sp³-hybridized carbons (Fsp3) is 0.923. The average molecular weight is 325 g/mol. The zero-order chi connectivity index (χ0) is 13.7. The lowest BCUT2D eigenvalue weighted by Crippen LogP contribution is -2.40. The van der Waals surface area contributed by atoms with Gasteiger partial charge in [-0.15, -0.1) is 12.4 Å². The van der Waals surface area contributed by atoms with Gasteiger partial charge in [-0.2, -0.15) is 0 Å². The molecule has 0 radical (unpaired) electrons. The molecule has 5 nitrogen and oxygen atoms in total. The fourth-order valence-corrected chi connectivity index (χ4v) is 4.71. The molecule has 2 aliphatic rings. The van der Waals surface area contributed by atoms with E-state index in [9.17, 15) is 13.2 Å². The van der Waals surface area contributed by atoms with E-state index in [0.29, 0.717) is 12.5 Å². The lowest BCUT2D eigenvalue weighted by atomic mass is 10.00. The van der Waals surface area contributed by atoms with Gasteiger partial charge in [0, 0.05) is 6.54 Å². The molecule has 1 heterocycles. The van der Waals surface area contributed by atoms with Gasteiger partial charge in [0.15, 0.2) is 9.84 Å². The van der Waals surface area contributed by atoms with Crippen molar-refractivity contribution < 1.29 is 13.2 Å². The molecule has 1 saturated heterocycles. The maximum absolute atomic E-state index is 12.0. The summed E-state index contributed by atoms with van der Waals surface area (Å²) >= 11 is 0. The number of halogens is 1. The maximum Gasteiger partial charge on any atom is 0.235 e. The molecular weight excluding hydrogens is 300 g/mol. The minimum Gasteiger partial charge on any atom is -0.355 e. The zero-order valence-corrected chi connectivity index (χ0v) is 13.4. The lowest BCUT2D eigenvalue weighted by molar-refractivity contribution is -0.118. The number of nitrogens with one attached hydrogen (secondary N) is 2. The van der Waals surface area contributed by atoms with Gasteiger partial charge in [0.1, 0.15) is 5.75 Å². The van der Waals surface area contributed by atoms with Gasteiger partial charge in [0.2, 0.25) is 5.91 Å². The van der Waals surface area contributed by atoms with E-state index < -0.39 is 9.84 Å². The van der Waals surface area contributed by atoms with Gasteiger partial charge in [-0.3, -0.25) is 4.79 Å². The summed E-state index contributed by atoms with van der Waals surface area (Å²) in [6.07, 6.45) is 5.62. The molecule has 1 amide bonds. The van der Waals surface area contributed by atoms with Crippen LogP contribution in [0.4, 0.5) is 0 Å². The second-order valence-corrected chi connectivity index (χ2v) is 8.01. The number of hydrogen-bond donors (Lipinski definition) is 2. The monoisotopic (exact) mass is 324 g/mol. The molecule has 1 saturated carbocycles. The van der Waals surface area contributed by atoms with Crippen LogP contribution in [-0.2, 0) is 14.6 Å². The molecular formula is C13H25ClN2O3S. The predicted molar refractivity (Wildman–Crippen MR) is 81.9 cm³/mol. The Morgan fingerprint density at radius 3 is 2.45 bits per heavy atom. The molecule has 2 N–H and O–H groups in total. The van der Waals surface area contributed by atoms with Gasteiger partial charge < -0.3 is 10.6 Å². The van der Waals surface area contributed by atoms with Crippen molar-refractivity contribution in [2.24, 2.45) is 5.92 Å². The zero-order valence-electron chi connectivity index (χ0n) is 11.8. The molecule has 1 atom stereocenters. The topological polar surface area (TPSA) is 75.3 Å². The Balaban J connectivity index is 0.00000200. The van der Waals surface area contributed by atoms with Gasteiger partial charge in [-0.25, -0.2) is 8.42 Å². The van der Waals surface area contributed by atoms with Crippen LogP contribution >= 0.6 is 12.4 Å². The smallest absolute Gasteiger partial charge is 0.235 e. The number of carbonyl (C=O) groups is 1. The highest BCUT2D eigenvalue weighted by molar-refractivity contribution is 7.92. The minimum absolute atomic E-state index is 0. The number of amides is 1. The molecule has 2 rings (SSSR count). The molecule has 1 aliphatic carbocycles. The highest BCUT2D eigenvalue weighted by Crippen LogP contribution is 2.25. The van der Waals surface area contributed by atoms with Crippen molar-refractivity contribution in [2.45, 2.75) is 43.8 Å². The Bertz CT molecular complexity index is 402. The van der Waals surface area contributed by atoms with Gasteiger partial charge in [-0.05, 0) is 44.7 Å². The SMILES string of the molecule is Cl.O=C(CS(=O)(=O)C1CCCC1)NCC1CCCNC1. The molecule has 0 bridgehead atoms. The summed E-state index contributed by atoms with van der Waals surface area (Å²) in [6.45, 7) is 2.54. The van der Waals surface area contributed by atoms with Crippen LogP contribution in [0.25, 0.3) is 0 Å². The van der Waals surface area contributed by atoms with E-state index in [4.69, 9.17) is 0 Å². The molecule has 0 spiro atoms. The first-order chi connectivity index (χ1) is 9.08. The van der Waals surface area contributed by atoms with Crippen LogP contribution in [0.3, 0.4) is 0 Å². The standard InChI is InChI=1S/C13H24N2O3S.ClH/c16-13(15-9-11-4-3-7-14-8-11)10-19(17,18)12-5-1-2-6-12;/h11-12,14H,1-10H2,(H,15,16);1H. The number of rotatable bonds is 5. The Hall–Kier alpha value is -0.330. The first-order valence-corrected chi connectivity index (χ1v) is 8.98. The lowest BCUT2D eigenvalue weighted by Gasteiger charge is -2.23. The first kappa shape index (κ1) is 17.7. The fourth-order valence-electron chi connectivity index (χ4n) is 2.96. The third-order valence-electron chi connectivity index (χ3n) is 4.13. The van der Waals surface area contributed by atoms with E-state index in [1.165, 1.54) is 0 Å². The second kappa shape index (κ2) is 8.20. The van der Waals surface area contributed by atoms with Crippen LogP contribution in [0.1, 0.15) is 38.5 Å². The highest BCUT2D eigenvalue weighted by Gasteiger charge is 2.30. The van der Waals surface area contributed by atoms with Gasteiger partial charge in [0.05, 0.1) is 5.25 Å². The minimum atomic E-state index is -3.24. The molecule has 0 aromatic heterocycles. The Kier molecular flexibility index (Phi) is 7.26. The molecule has 1 aliphatic heterocycles. The molecule has 7 heteroatoms. The van der Waals surface area contributed by atoms with E-state index in [-0.39, 0.29) is 29.3 Å². The second-order valence-electron chi connectivity index (χ2n) is 5.73. The Morgan fingerprint density at radius 1 is 1.15 bits per heavy atom. The first-order valence-electron chi connectivity index (χ1n) is 7.27. The van der Waals surface area contributed by atoms with Crippen LogP contribution < -0.4 is 10.6 Å². The molecule has 1 unspecified atom stereocenters. The molecule has 20 heavy (non-hydrogen) atoms. The van der Waals surface area contributed by atoms with Gasteiger partial charge in [0.25, 0.3) is 0 Å². The molecule has 0 aromatic carbocycles. The van der Waals surface area contributed by atoms with Crippen LogP contribution in [0.5, 0.6) is 0 Å². The molecule has 2 fully saturated rings. The number of piperidine rings is 1. The van der Waals surface area contributed by atoms with Crippen molar-refractivity contribution in [3.63, 3.8) is 0 Å². The van der Waals surface area contributed by atoms with Crippen LogP contribution in [-0.4, -0.2) is 45.0 Å². The van der Waals surface area contributed by atoms with E-state index >= 15 is 0 Å². The quantitative estimate of drug-likeness (QED) is 0.787. The largest absolute Gasteiger partial charge is 0.355 e. The summed E-state index contributed by atoms with van der Waals surface area (Å²) in [7, 11) is -3.24. The molecule has 0 aromatic rings. The van der Waals surface area contributed by atoms with E-state index in [1.807, 2.05) is 0 Å².